The van der Waals surface area contributed by atoms with Gasteiger partial charge >= 0.3 is 0 Å². The largest absolute Gasteiger partial charge is 0.350 e. The highest BCUT2D eigenvalue weighted by molar-refractivity contribution is 6.02. The second-order valence-corrected chi connectivity index (χ2v) is 5.84. The number of nitrogens with zero attached hydrogens (tertiary/aromatic N) is 2. The molecule has 0 aliphatic heterocycles. The molecule has 0 aliphatic rings. The van der Waals surface area contributed by atoms with Gasteiger partial charge in [0.2, 0.25) is 5.82 Å². The number of amides is 2. The van der Waals surface area contributed by atoms with Crippen LogP contribution in [0.15, 0.2) is 61.3 Å². The van der Waals surface area contributed by atoms with Crippen LogP contribution in [0.2, 0.25) is 0 Å². The van der Waals surface area contributed by atoms with Gasteiger partial charge in [0, 0.05) is 19.3 Å². The van der Waals surface area contributed by atoms with Crippen LogP contribution in [-0.2, 0) is 6.42 Å². The van der Waals surface area contributed by atoms with Crippen molar-refractivity contribution in [3.63, 3.8) is 0 Å². The molecular formula is C20H19FN4O2. The number of imidazole rings is 1. The van der Waals surface area contributed by atoms with Crippen molar-refractivity contribution in [1.29, 1.82) is 0 Å². The Hall–Kier alpha value is -3.48. The summed E-state index contributed by atoms with van der Waals surface area (Å²) < 4.78 is 15.2. The maximum absolute atomic E-state index is 13.7. The zero-order chi connectivity index (χ0) is 19.2. The van der Waals surface area contributed by atoms with Gasteiger partial charge in [0.1, 0.15) is 5.82 Å². The Balaban J connectivity index is 1.77. The number of hydrogen-bond acceptors (Lipinski definition) is 3. The molecule has 0 aliphatic carbocycles. The van der Waals surface area contributed by atoms with Gasteiger partial charge in [0.25, 0.3) is 11.8 Å². The van der Waals surface area contributed by atoms with E-state index in [1.165, 1.54) is 6.07 Å². The van der Waals surface area contributed by atoms with Crippen LogP contribution in [0.3, 0.4) is 0 Å². The lowest BCUT2D eigenvalue weighted by Gasteiger charge is -2.05. The number of halogens is 1. The lowest BCUT2D eigenvalue weighted by Crippen LogP contribution is -2.27. The number of nitrogens with one attached hydrogen (secondary N) is 2. The molecule has 0 saturated heterocycles. The van der Waals surface area contributed by atoms with Crippen molar-refractivity contribution in [2.24, 2.45) is 0 Å². The van der Waals surface area contributed by atoms with E-state index in [9.17, 15) is 14.0 Å². The van der Waals surface area contributed by atoms with Gasteiger partial charge in [0.05, 0.1) is 5.52 Å². The molecule has 0 spiro atoms. The lowest BCUT2D eigenvalue weighted by molar-refractivity contribution is 0.0947. The molecule has 2 amide bonds. The molecule has 0 atom stereocenters. The number of fused-ring (bicyclic) bond motifs is 1. The molecule has 2 heterocycles. The first-order chi connectivity index (χ1) is 13.1. The molecular weight excluding hydrogens is 347 g/mol. The quantitative estimate of drug-likeness (QED) is 0.631. The summed E-state index contributed by atoms with van der Waals surface area (Å²) >= 11 is 0. The third-order valence-corrected chi connectivity index (χ3v) is 4.01. The summed E-state index contributed by atoms with van der Waals surface area (Å²) in [5.74, 6) is -1.01. The molecule has 3 rings (SSSR count). The number of aromatic nitrogens is 2. The molecule has 2 N–H and O–H groups in total. The maximum atomic E-state index is 13.7. The van der Waals surface area contributed by atoms with Gasteiger partial charge in [0.15, 0.2) is 5.69 Å². The first-order valence-corrected chi connectivity index (χ1v) is 8.49. The molecule has 7 heteroatoms. The Morgan fingerprint density at radius 3 is 2.67 bits per heavy atom. The molecule has 138 valence electrons. The van der Waals surface area contributed by atoms with Gasteiger partial charge in [-0.2, -0.15) is 0 Å². The highest BCUT2D eigenvalue weighted by Crippen LogP contribution is 2.13. The van der Waals surface area contributed by atoms with E-state index in [0.29, 0.717) is 24.0 Å². The number of pyridine rings is 1. The monoisotopic (exact) mass is 366 g/mol. The van der Waals surface area contributed by atoms with E-state index >= 15 is 0 Å². The maximum Gasteiger partial charge on any atom is 0.287 e. The zero-order valence-electron chi connectivity index (χ0n) is 14.6. The molecule has 3 aromatic rings. The Kier molecular flexibility index (Phi) is 5.61. The van der Waals surface area contributed by atoms with E-state index in [1.807, 2.05) is 0 Å². The van der Waals surface area contributed by atoms with Crippen LogP contribution < -0.4 is 10.6 Å². The minimum atomic E-state index is -0.419. The molecule has 0 radical (unpaired) electrons. The summed E-state index contributed by atoms with van der Waals surface area (Å²) in [5, 5.41) is 5.38. The lowest BCUT2D eigenvalue weighted by atomic mass is 10.1. The molecule has 0 fully saturated rings. The van der Waals surface area contributed by atoms with Crippen molar-refractivity contribution < 1.29 is 14.0 Å². The topological polar surface area (TPSA) is 75.5 Å². The van der Waals surface area contributed by atoms with Crippen molar-refractivity contribution >= 4 is 17.3 Å². The standard InChI is InChI=1S/C20H19FN4O2/c1-2-11-22-20(27)18-24-17(16-9-5-6-13-25(16)18)19(26)23-12-10-14-7-3-4-8-15(14)21/h2-9,13H,1,10-12H2,(H,22,27)(H,23,26). The van der Waals surface area contributed by atoms with Gasteiger partial charge in [-0.3, -0.25) is 14.0 Å². The van der Waals surface area contributed by atoms with E-state index < -0.39 is 11.8 Å². The number of benzene rings is 1. The summed E-state index contributed by atoms with van der Waals surface area (Å²) in [6.07, 6.45) is 3.59. The molecule has 27 heavy (non-hydrogen) atoms. The van der Waals surface area contributed by atoms with Gasteiger partial charge in [-0.05, 0) is 30.2 Å². The number of carbonyl (C=O) groups excluding carboxylic acids is 2. The summed E-state index contributed by atoms with van der Waals surface area (Å²) in [4.78, 5) is 29.0. The summed E-state index contributed by atoms with van der Waals surface area (Å²) in [7, 11) is 0. The predicted octanol–water partition coefficient (Wildman–Crippen LogP) is 2.36. The SMILES string of the molecule is C=CCNC(=O)c1nc(C(=O)NCCc2ccccc2F)c2ccccn12. The smallest absolute Gasteiger partial charge is 0.287 e. The average molecular weight is 366 g/mol. The van der Waals surface area contributed by atoms with Crippen LogP contribution in [0.1, 0.15) is 26.7 Å². The van der Waals surface area contributed by atoms with Crippen molar-refractivity contribution in [2.45, 2.75) is 6.42 Å². The Morgan fingerprint density at radius 2 is 1.89 bits per heavy atom. The fourth-order valence-corrected chi connectivity index (χ4v) is 2.70. The normalized spacial score (nSPS) is 10.6. The highest BCUT2D eigenvalue weighted by Gasteiger charge is 2.20. The molecule has 1 aromatic carbocycles. The number of carbonyl (C=O) groups is 2. The van der Waals surface area contributed by atoms with Crippen molar-refractivity contribution in [3.8, 4) is 0 Å². The second kappa shape index (κ2) is 8.27. The molecule has 2 aromatic heterocycles. The summed E-state index contributed by atoms with van der Waals surface area (Å²) in [5.41, 5.74) is 1.19. The second-order valence-electron chi connectivity index (χ2n) is 5.84. The van der Waals surface area contributed by atoms with E-state index in [2.05, 4.69) is 22.2 Å². The van der Waals surface area contributed by atoms with Crippen LogP contribution in [0.4, 0.5) is 4.39 Å². The third-order valence-electron chi connectivity index (χ3n) is 4.01. The predicted molar refractivity (Wildman–Crippen MR) is 100 cm³/mol. The molecule has 0 unspecified atom stereocenters. The van der Waals surface area contributed by atoms with Gasteiger partial charge < -0.3 is 10.6 Å². The van der Waals surface area contributed by atoms with Crippen molar-refractivity contribution in [1.82, 2.24) is 20.0 Å². The highest BCUT2D eigenvalue weighted by atomic mass is 19.1. The fraction of sp³-hybridized carbons (Fsp3) is 0.150. The molecule has 0 saturated carbocycles. The first-order valence-electron chi connectivity index (χ1n) is 8.49. The Labute approximate surface area is 155 Å². The molecule has 0 bridgehead atoms. The van der Waals surface area contributed by atoms with Crippen molar-refractivity contribution in [2.75, 3.05) is 13.1 Å². The van der Waals surface area contributed by atoms with Crippen LogP contribution in [0, 0.1) is 5.82 Å². The van der Waals surface area contributed by atoms with E-state index in [1.54, 1.807) is 53.1 Å². The number of rotatable bonds is 7. The Morgan fingerprint density at radius 1 is 1.11 bits per heavy atom. The average Bonchev–Trinajstić information content (AvgIpc) is 3.07. The van der Waals surface area contributed by atoms with Crippen LogP contribution >= 0.6 is 0 Å². The number of hydrogen-bond donors (Lipinski definition) is 2. The molecule has 6 nitrogen and oxygen atoms in total. The van der Waals surface area contributed by atoms with Gasteiger partial charge in [-0.1, -0.05) is 30.3 Å². The third kappa shape index (κ3) is 4.03. The van der Waals surface area contributed by atoms with Gasteiger partial charge in [-0.15, -0.1) is 6.58 Å². The minimum Gasteiger partial charge on any atom is -0.350 e. The van der Waals surface area contributed by atoms with E-state index in [-0.39, 0.29) is 23.9 Å². The summed E-state index contributed by atoms with van der Waals surface area (Å²) in [6.45, 7) is 4.10. The zero-order valence-corrected chi connectivity index (χ0v) is 14.6. The van der Waals surface area contributed by atoms with Crippen molar-refractivity contribution in [3.05, 3.63) is 84.2 Å². The fourth-order valence-electron chi connectivity index (χ4n) is 2.70. The Bertz CT molecular complexity index is 997. The van der Waals surface area contributed by atoms with Gasteiger partial charge in [-0.25, -0.2) is 9.37 Å². The van der Waals surface area contributed by atoms with Crippen LogP contribution in [0.5, 0.6) is 0 Å². The first kappa shape index (κ1) is 18.3. The van der Waals surface area contributed by atoms with E-state index in [4.69, 9.17) is 0 Å². The minimum absolute atomic E-state index is 0.117. The summed E-state index contributed by atoms with van der Waals surface area (Å²) in [6, 6.07) is 11.6. The van der Waals surface area contributed by atoms with Crippen LogP contribution in [0.25, 0.3) is 5.52 Å². The van der Waals surface area contributed by atoms with E-state index in [0.717, 1.165) is 0 Å². The van der Waals surface area contributed by atoms with Crippen LogP contribution in [-0.4, -0.2) is 34.3 Å².